The Balaban J connectivity index is 1.99. The van der Waals surface area contributed by atoms with E-state index < -0.39 is 0 Å². The van der Waals surface area contributed by atoms with Crippen LogP contribution < -0.4 is 5.32 Å². The molecule has 20 heavy (non-hydrogen) atoms. The molecular formula is C16H14N2O2. The fraction of sp³-hybridized carbons (Fsp3) is 0.125. The van der Waals surface area contributed by atoms with Crippen molar-refractivity contribution >= 4 is 5.91 Å². The second kappa shape index (κ2) is 7.07. The van der Waals surface area contributed by atoms with Crippen molar-refractivity contribution in [2.24, 2.45) is 0 Å². The molecule has 2 N–H and O–H groups in total. The number of nitrogens with one attached hydrogen (secondary N) is 1. The summed E-state index contributed by atoms with van der Waals surface area (Å²) in [4.78, 5) is 15.8. The first-order chi connectivity index (χ1) is 9.79. The molecule has 2 rings (SSSR count). The molecule has 0 fully saturated rings. The number of hydrogen-bond donors (Lipinski definition) is 2. The van der Waals surface area contributed by atoms with E-state index in [1.165, 1.54) is 6.20 Å². The van der Waals surface area contributed by atoms with E-state index in [9.17, 15) is 4.79 Å². The van der Waals surface area contributed by atoms with E-state index in [-0.39, 0.29) is 12.5 Å². The van der Waals surface area contributed by atoms with Gasteiger partial charge in [-0.2, -0.15) is 0 Å². The Morgan fingerprint density at radius 3 is 2.95 bits per heavy atom. The van der Waals surface area contributed by atoms with Crippen LogP contribution in [0.5, 0.6) is 0 Å². The minimum absolute atomic E-state index is 0.162. The molecule has 0 saturated carbocycles. The van der Waals surface area contributed by atoms with Gasteiger partial charge in [0.1, 0.15) is 6.61 Å². The fourth-order valence-electron chi connectivity index (χ4n) is 1.68. The first-order valence-electron chi connectivity index (χ1n) is 6.16. The van der Waals surface area contributed by atoms with Crippen molar-refractivity contribution in [1.82, 2.24) is 10.3 Å². The number of aromatic nitrogens is 1. The van der Waals surface area contributed by atoms with Crippen LogP contribution in [0.2, 0.25) is 0 Å². The summed E-state index contributed by atoms with van der Waals surface area (Å²) < 4.78 is 0. The molecule has 0 aliphatic heterocycles. The first-order valence-corrected chi connectivity index (χ1v) is 6.16. The largest absolute Gasteiger partial charge is 0.384 e. The van der Waals surface area contributed by atoms with E-state index in [1.54, 1.807) is 18.3 Å². The zero-order valence-corrected chi connectivity index (χ0v) is 10.8. The molecule has 0 aliphatic carbocycles. The second-order valence-corrected chi connectivity index (χ2v) is 4.08. The molecule has 1 aromatic heterocycles. The lowest BCUT2D eigenvalue weighted by Gasteiger charge is -2.05. The fourth-order valence-corrected chi connectivity index (χ4v) is 1.68. The van der Waals surface area contributed by atoms with Gasteiger partial charge in [0.15, 0.2) is 0 Å². The van der Waals surface area contributed by atoms with Gasteiger partial charge in [0, 0.05) is 24.5 Å². The Hall–Kier alpha value is -2.64. The summed E-state index contributed by atoms with van der Waals surface area (Å²) in [5.41, 5.74) is 2.29. The molecular weight excluding hydrogens is 252 g/mol. The van der Waals surface area contributed by atoms with Crippen molar-refractivity contribution in [2.45, 2.75) is 6.54 Å². The Kier molecular flexibility index (Phi) is 4.87. The van der Waals surface area contributed by atoms with Gasteiger partial charge in [0.05, 0.1) is 5.56 Å². The van der Waals surface area contributed by atoms with Crippen molar-refractivity contribution in [3.63, 3.8) is 0 Å². The lowest BCUT2D eigenvalue weighted by atomic mass is 10.1. The van der Waals surface area contributed by atoms with Crippen molar-refractivity contribution in [1.29, 1.82) is 0 Å². The van der Waals surface area contributed by atoms with Crippen LogP contribution in [-0.4, -0.2) is 22.6 Å². The Morgan fingerprint density at radius 2 is 2.20 bits per heavy atom. The number of benzene rings is 1. The SMILES string of the molecule is O=C(NCc1cccc(C#CCO)c1)c1cccnc1. The van der Waals surface area contributed by atoms with Crippen LogP contribution in [0.1, 0.15) is 21.5 Å². The summed E-state index contributed by atoms with van der Waals surface area (Å²) in [5, 5.41) is 11.5. The minimum atomic E-state index is -0.165. The third-order valence-electron chi connectivity index (χ3n) is 2.62. The van der Waals surface area contributed by atoms with Crippen molar-refractivity contribution in [3.8, 4) is 11.8 Å². The van der Waals surface area contributed by atoms with E-state index in [0.717, 1.165) is 11.1 Å². The van der Waals surface area contributed by atoms with Gasteiger partial charge in [0.2, 0.25) is 0 Å². The lowest BCUT2D eigenvalue weighted by molar-refractivity contribution is 0.0950. The topological polar surface area (TPSA) is 62.2 Å². The average molecular weight is 266 g/mol. The molecule has 0 aliphatic rings. The zero-order chi connectivity index (χ0) is 14.2. The number of pyridine rings is 1. The summed E-state index contributed by atoms with van der Waals surface area (Å²) in [7, 11) is 0. The second-order valence-electron chi connectivity index (χ2n) is 4.08. The number of hydrogen-bond acceptors (Lipinski definition) is 3. The maximum absolute atomic E-state index is 11.9. The van der Waals surface area contributed by atoms with Crippen LogP contribution in [0.15, 0.2) is 48.8 Å². The summed E-state index contributed by atoms with van der Waals surface area (Å²) in [5.74, 6) is 5.26. The predicted octanol–water partition coefficient (Wildman–Crippen LogP) is 1.36. The van der Waals surface area contributed by atoms with Gasteiger partial charge >= 0.3 is 0 Å². The summed E-state index contributed by atoms with van der Waals surface area (Å²) in [6.45, 7) is 0.254. The van der Waals surface area contributed by atoms with Gasteiger partial charge in [-0.1, -0.05) is 24.0 Å². The molecule has 2 aromatic rings. The molecule has 1 heterocycles. The van der Waals surface area contributed by atoms with Crippen LogP contribution in [0.3, 0.4) is 0 Å². The highest BCUT2D eigenvalue weighted by Gasteiger charge is 2.04. The summed E-state index contributed by atoms with van der Waals surface area (Å²) in [6.07, 6.45) is 3.15. The van der Waals surface area contributed by atoms with Crippen molar-refractivity contribution < 1.29 is 9.90 Å². The number of aliphatic hydroxyl groups excluding tert-OH is 1. The van der Waals surface area contributed by atoms with E-state index in [0.29, 0.717) is 12.1 Å². The monoisotopic (exact) mass is 266 g/mol. The van der Waals surface area contributed by atoms with Gasteiger partial charge in [-0.05, 0) is 29.8 Å². The van der Waals surface area contributed by atoms with Crippen LogP contribution in [0, 0.1) is 11.8 Å². The molecule has 0 spiro atoms. The molecule has 0 unspecified atom stereocenters. The Morgan fingerprint density at radius 1 is 1.30 bits per heavy atom. The minimum Gasteiger partial charge on any atom is -0.384 e. The van der Waals surface area contributed by atoms with E-state index >= 15 is 0 Å². The van der Waals surface area contributed by atoms with Gasteiger partial charge in [0.25, 0.3) is 5.91 Å². The Bertz CT molecular complexity index is 642. The van der Waals surface area contributed by atoms with Crippen molar-refractivity contribution in [2.75, 3.05) is 6.61 Å². The summed E-state index contributed by atoms with van der Waals surface area (Å²) >= 11 is 0. The first kappa shape index (κ1) is 13.8. The van der Waals surface area contributed by atoms with Gasteiger partial charge in [-0.3, -0.25) is 9.78 Å². The number of amides is 1. The molecule has 100 valence electrons. The van der Waals surface area contributed by atoms with Gasteiger partial charge in [-0.15, -0.1) is 0 Å². The average Bonchev–Trinajstić information content (AvgIpc) is 2.52. The van der Waals surface area contributed by atoms with Crippen molar-refractivity contribution in [3.05, 3.63) is 65.5 Å². The molecule has 4 heteroatoms. The van der Waals surface area contributed by atoms with E-state index in [1.807, 2.05) is 24.3 Å². The van der Waals surface area contributed by atoms with Gasteiger partial charge in [-0.25, -0.2) is 0 Å². The molecule has 1 aromatic carbocycles. The maximum atomic E-state index is 11.9. The van der Waals surface area contributed by atoms with Crippen LogP contribution in [0.25, 0.3) is 0 Å². The highest BCUT2D eigenvalue weighted by Crippen LogP contribution is 2.04. The smallest absolute Gasteiger partial charge is 0.253 e. The van der Waals surface area contributed by atoms with Gasteiger partial charge < -0.3 is 10.4 Å². The number of carbonyl (C=O) groups is 1. The number of nitrogens with zero attached hydrogens (tertiary/aromatic N) is 1. The third-order valence-corrected chi connectivity index (χ3v) is 2.62. The molecule has 0 saturated heterocycles. The molecule has 1 amide bonds. The molecule has 0 atom stereocenters. The highest BCUT2D eigenvalue weighted by atomic mass is 16.2. The molecule has 0 bridgehead atoms. The number of rotatable bonds is 3. The number of carbonyl (C=O) groups excluding carboxylic acids is 1. The van der Waals surface area contributed by atoms with Crippen LogP contribution >= 0.6 is 0 Å². The predicted molar refractivity (Wildman–Crippen MR) is 75.8 cm³/mol. The van der Waals surface area contributed by atoms with E-state index in [2.05, 4.69) is 22.1 Å². The lowest BCUT2D eigenvalue weighted by Crippen LogP contribution is -2.22. The zero-order valence-electron chi connectivity index (χ0n) is 10.8. The summed E-state index contributed by atoms with van der Waals surface area (Å²) in [6, 6.07) is 11.0. The third kappa shape index (κ3) is 3.94. The highest BCUT2D eigenvalue weighted by molar-refractivity contribution is 5.93. The van der Waals surface area contributed by atoms with Crippen LogP contribution in [0.4, 0.5) is 0 Å². The molecule has 0 radical (unpaired) electrons. The number of aliphatic hydroxyl groups is 1. The van der Waals surface area contributed by atoms with E-state index in [4.69, 9.17) is 5.11 Å². The quantitative estimate of drug-likeness (QED) is 0.824. The molecule has 4 nitrogen and oxygen atoms in total. The Labute approximate surface area is 117 Å². The normalized spacial score (nSPS) is 9.45. The standard InChI is InChI=1S/C16H14N2O2/c19-9-3-6-13-4-1-5-14(10-13)11-18-16(20)15-7-2-8-17-12-15/h1-2,4-5,7-8,10,12,19H,9,11H2,(H,18,20). The maximum Gasteiger partial charge on any atom is 0.253 e. The van der Waals surface area contributed by atoms with Crippen LogP contribution in [-0.2, 0) is 6.54 Å².